The fourth-order valence-electron chi connectivity index (χ4n) is 1.45. The molecule has 17 heavy (non-hydrogen) atoms. The van der Waals surface area contributed by atoms with Crippen molar-refractivity contribution in [2.45, 2.75) is 0 Å². The van der Waals surface area contributed by atoms with Crippen LogP contribution in [-0.4, -0.2) is 15.0 Å². The van der Waals surface area contributed by atoms with Gasteiger partial charge in [0.25, 0.3) is 0 Å². The molecule has 0 aliphatic heterocycles. The molecule has 0 saturated heterocycles. The molecule has 0 N–H and O–H groups in total. The number of rotatable bonds is 1. The maximum Gasteiger partial charge on any atom is 0.145 e. The molecule has 3 nitrogen and oxygen atoms in total. The van der Waals surface area contributed by atoms with E-state index in [4.69, 9.17) is 11.6 Å². The normalized spacial score (nSPS) is 10.9. The molecule has 0 spiro atoms. The van der Waals surface area contributed by atoms with Crippen LogP contribution in [0.2, 0.25) is 5.15 Å². The number of nitrogens with zero attached hydrogens (tertiary/aromatic N) is 3. The summed E-state index contributed by atoms with van der Waals surface area (Å²) in [6.45, 7) is 0. The maximum atomic E-state index is 13.1. The van der Waals surface area contributed by atoms with Crippen LogP contribution in [0.3, 0.4) is 0 Å². The van der Waals surface area contributed by atoms with E-state index in [1.165, 1.54) is 17.4 Å². The van der Waals surface area contributed by atoms with Gasteiger partial charge in [-0.1, -0.05) is 22.9 Å². The SMILES string of the molecule is Fc1cncc(-c2nc3ccc(Cl)nc3s2)c1. The molecule has 0 saturated carbocycles. The first-order chi connectivity index (χ1) is 8.22. The van der Waals surface area contributed by atoms with E-state index in [2.05, 4.69) is 15.0 Å². The van der Waals surface area contributed by atoms with Crippen molar-refractivity contribution in [3.05, 3.63) is 41.6 Å². The van der Waals surface area contributed by atoms with Gasteiger partial charge in [0.05, 0.1) is 6.20 Å². The molecule has 3 aromatic rings. The first kappa shape index (κ1) is 10.6. The smallest absolute Gasteiger partial charge is 0.145 e. The number of fused-ring (bicyclic) bond motifs is 1. The third-order valence-corrected chi connectivity index (χ3v) is 3.40. The topological polar surface area (TPSA) is 38.7 Å². The third-order valence-electron chi connectivity index (χ3n) is 2.17. The minimum atomic E-state index is -0.382. The van der Waals surface area contributed by atoms with Gasteiger partial charge in [-0.2, -0.15) is 0 Å². The van der Waals surface area contributed by atoms with Crippen molar-refractivity contribution < 1.29 is 4.39 Å². The highest BCUT2D eigenvalue weighted by Crippen LogP contribution is 2.29. The van der Waals surface area contributed by atoms with E-state index in [1.54, 1.807) is 18.3 Å². The van der Waals surface area contributed by atoms with Crippen LogP contribution < -0.4 is 0 Å². The van der Waals surface area contributed by atoms with Gasteiger partial charge in [-0.15, -0.1) is 0 Å². The highest BCUT2D eigenvalue weighted by Gasteiger charge is 2.08. The van der Waals surface area contributed by atoms with Crippen molar-refractivity contribution >= 4 is 33.3 Å². The van der Waals surface area contributed by atoms with Crippen LogP contribution in [0, 0.1) is 5.82 Å². The molecule has 0 aliphatic carbocycles. The Morgan fingerprint density at radius 3 is 2.88 bits per heavy atom. The van der Waals surface area contributed by atoms with E-state index in [-0.39, 0.29) is 5.82 Å². The second-order valence-electron chi connectivity index (χ2n) is 3.37. The Hall–Kier alpha value is -1.59. The minimum absolute atomic E-state index is 0.382. The number of aromatic nitrogens is 3. The molecule has 0 amide bonds. The Bertz CT molecular complexity index is 698. The van der Waals surface area contributed by atoms with Crippen LogP contribution in [0.4, 0.5) is 4.39 Å². The quantitative estimate of drug-likeness (QED) is 0.632. The van der Waals surface area contributed by atoms with Gasteiger partial charge in [-0.3, -0.25) is 4.98 Å². The molecular weight excluding hydrogens is 261 g/mol. The largest absolute Gasteiger partial charge is 0.261 e. The summed E-state index contributed by atoms with van der Waals surface area (Å²) < 4.78 is 13.1. The van der Waals surface area contributed by atoms with Crippen molar-refractivity contribution in [3.63, 3.8) is 0 Å². The van der Waals surface area contributed by atoms with E-state index < -0.39 is 0 Å². The number of halogens is 2. The van der Waals surface area contributed by atoms with Gasteiger partial charge < -0.3 is 0 Å². The van der Waals surface area contributed by atoms with Gasteiger partial charge in [0.15, 0.2) is 0 Å². The van der Waals surface area contributed by atoms with E-state index in [9.17, 15) is 4.39 Å². The molecule has 0 atom stereocenters. The summed E-state index contributed by atoms with van der Waals surface area (Å²) in [5.74, 6) is -0.382. The fourth-order valence-corrected chi connectivity index (χ4v) is 2.56. The Morgan fingerprint density at radius 1 is 1.18 bits per heavy atom. The van der Waals surface area contributed by atoms with Gasteiger partial charge in [-0.25, -0.2) is 14.4 Å². The van der Waals surface area contributed by atoms with Crippen molar-refractivity contribution in [1.29, 1.82) is 0 Å². The monoisotopic (exact) mass is 265 g/mol. The average molecular weight is 266 g/mol. The molecule has 84 valence electrons. The maximum absolute atomic E-state index is 13.1. The van der Waals surface area contributed by atoms with Crippen LogP contribution in [0.5, 0.6) is 0 Å². The van der Waals surface area contributed by atoms with E-state index in [0.29, 0.717) is 15.7 Å². The molecular formula is C11H5ClFN3S. The fraction of sp³-hybridized carbons (Fsp3) is 0. The zero-order chi connectivity index (χ0) is 11.8. The van der Waals surface area contributed by atoms with Crippen molar-refractivity contribution in [3.8, 4) is 10.6 Å². The molecule has 0 bridgehead atoms. The van der Waals surface area contributed by atoms with E-state index in [1.807, 2.05) is 0 Å². The molecule has 0 aliphatic rings. The zero-order valence-electron chi connectivity index (χ0n) is 8.39. The molecule has 3 aromatic heterocycles. The first-order valence-corrected chi connectivity index (χ1v) is 5.96. The van der Waals surface area contributed by atoms with Gasteiger partial charge in [-0.05, 0) is 18.2 Å². The molecule has 6 heteroatoms. The summed E-state index contributed by atoms with van der Waals surface area (Å²) in [7, 11) is 0. The van der Waals surface area contributed by atoms with Gasteiger partial charge in [0.1, 0.15) is 26.3 Å². The van der Waals surface area contributed by atoms with Gasteiger partial charge >= 0.3 is 0 Å². The standard InChI is InChI=1S/C11H5ClFN3S/c12-9-2-1-8-11(16-9)17-10(15-8)6-3-7(13)5-14-4-6/h1-5H. The van der Waals surface area contributed by atoms with Crippen LogP contribution >= 0.6 is 22.9 Å². The van der Waals surface area contributed by atoms with Gasteiger partial charge in [0.2, 0.25) is 0 Å². The highest BCUT2D eigenvalue weighted by molar-refractivity contribution is 7.21. The van der Waals surface area contributed by atoms with Crippen LogP contribution in [0.25, 0.3) is 20.9 Å². The lowest BCUT2D eigenvalue weighted by Crippen LogP contribution is -1.81. The molecule has 3 heterocycles. The third kappa shape index (κ3) is 1.99. The Labute approximate surface area is 105 Å². The second kappa shape index (κ2) is 4.01. The second-order valence-corrected chi connectivity index (χ2v) is 4.73. The van der Waals surface area contributed by atoms with E-state index in [0.717, 1.165) is 16.5 Å². The van der Waals surface area contributed by atoms with Crippen LogP contribution in [0.15, 0.2) is 30.6 Å². The molecule has 0 radical (unpaired) electrons. The summed E-state index contributed by atoms with van der Waals surface area (Å²) in [5.41, 5.74) is 1.39. The highest BCUT2D eigenvalue weighted by atomic mass is 35.5. The van der Waals surface area contributed by atoms with Crippen LogP contribution in [0.1, 0.15) is 0 Å². The average Bonchev–Trinajstić information content (AvgIpc) is 2.72. The lowest BCUT2D eigenvalue weighted by Gasteiger charge is -1.93. The van der Waals surface area contributed by atoms with Crippen molar-refractivity contribution in [2.24, 2.45) is 0 Å². The Kier molecular flexibility index (Phi) is 2.49. The molecule has 3 rings (SSSR count). The number of thiazole rings is 1. The molecule has 0 unspecified atom stereocenters. The summed E-state index contributed by atoms with van der Waals surface area (Å²) >= 11 is 7.15. The van der Waals surface area contributed by atoms with Gasteiger partial charge in [0, 0.05) is 11.8 Å². The molecule has 0 aromatic carbocycles. The van der Waals surface area contributed by atoms with Crippen molar-refractivity contribution in [2.75, 3.05) is 0 Å². The van der Waals surface area contributed by atoms with Crippen molar-refractivity contribution in [1.82, 2.24) is 15.0 Å². The minimum Gasteiger partial charge on any atom is -0.261 e. The van der Waals surface area contributed by atoms with E-state index >= 15 is 0 Å². The summed E-state index contributed by atoms with van der Waals surface area (Å²) in [4.78, 5) is 13.0. The number of pyridine rings is 2. The lowest BCUT2D eigenvalue weighted by molar-refractivity contribution is 0.622. The molecule has 0 fully saturated rings. The first-order valence-electron chi connectivity index (χ1n) is 4.76. The van der Waals surface area contributed by atoms with Crippen LogP contribution in [-0.2, 0) is 0 Å². The summed E-state index contributed by atoms with van der Waals surface area (Å²) in [6, 6.07) is 4.86. The number of hydrogen-bond donors (Lipinski definition) is 0. The predicted octanol–water partition coefficient (Wildman–Crippen LogP) is 3.55. The Balaban J connectivity index is 2.18. The number of hydrogen-bond acceptors (Lipinski definition) is 4. The predicted molar refractivity (Wildman–Crippen MR) is 65.6 cm³/mol. The summed E-state index contributed by atoms with van der Waals surface area (Å²) in [6.07, 6.45) is 2.73. The Morgan fingerprint density at radius 2 is 2.06 bits per heavy atom. The summed E-state index contributed by atoms with van der Waals surface area (Å²) in [5, 5.41) is 1.10. The lowest BCUT2D eigenvalue weighted by atomic mass is 10.3. The zero-order valence-corrected chi connectivity index (χ0v) is 9.96.